The summed E-state index contributed by atoms with van der Waals surface area (Å²) in [5, 5.41) is 4.42. The summed E-state index contributed by atoms with van der Waals surface area (Å²) in [5.41, 5.74) is 9.05. The van der Waals surface area contributed by atoms with Gasteiger partial charge in [0.15, 0.2) is 11.6 Å². The Morgan fingerprint density at radius 2 is 1.81 bits per heavy atom. The molecule has 0 saturated carbocycles. The summed E-state index contributed by atoms with van der Waals surface area (Å²) >= 11 is 6.08. The highest BCUT2D eigenvalue weighted by molar-refractivity contribution is 6.31. The minimum Gasteiger partial charge on any atom is -0.380 e. The molecule has 0 spiro atoms. The van der Waals surface area contributed by atoms with Crippen LogP contribution in [0.15, 0.2) is 47.0 Å². The summed E-state index contributed by atoms with van der Waals surface area (Å²) in [6, 6.07) is 11.6. The number of aryl methyl sites for hydroxylation is 1. The molecule has 0 bridgehead atoms. The number of nitrogen functional groups attached to an aromatic ring is 1. The van der Waals surface area contributed by atoms with Crippen LogP contribution in [0.5, 0.6) is 0 Å². The molecule has 0 unspecified atom stereocenters. The highest BCUT2D eigenvalue weighted by Crippen LogP contribution is 2.37. The minimum absolute atomic E-state index is 0.259. The van der Waals surface area contributed by atoms with Crippen LogP contribution in [0.3, 0.4) is 0 Å². The third-order valence-corrected chi connectivity index (χ3v) is 3.37. The molecule has 0 radical (unpaired) electrons. The molecule has 1 aromatic heterocycles. The second-order valence-electron chi connectivity index (χ2n) is 4.80. The summed E-state index contributed by atoms with van der Waals surface area (Å²) in [5.74, 6) is 0.466. The predicted octanol–water partition coefficient (Wildman–Crippen LogP) is 4.69. The van der Waals surface area contributed by atoms with Gasteiger partial charge in [-0.05, 0) is 48.4 Å². The molecular weight excluding hydrogens is 291 g/mol. The Balaban J connectivity index is 2.19. The van der Waals surface area contributed by atoms with Crippen LogP contribution in [0.4, 0.5) is 10.2 Å². The van der Waals surface area contributed by atoms with Gasteiger partial charge in [0.2, 0.25) is 0 Å². The quantitative estimate of drug-likeness (QED) is 0.747. The molecular formula is C16H12ClFN2O. The highest BCUT2D eigenvalue weighted by atomic mass is 35.5. The number of nitrogens with zero attached hydrogens (tertiary/aromatic N) is 1. The number of hydrogen-bond donors (Lipinski definition) is 1. The second-order valence-corrected chi connectivity index (χ2v) is 5.23. The third-order valence-electron chi connectivity index (χ3n) is 3.16. The van der Waals surface area contributed by atoms with E-state index in [-0.39, 0.29) is 11.6 Å². The van der Waals surface area contributed by atoms with Crippen LogP contribution in [-0.4, -0.2) is 5.16 Å². The Labute approximate surface area is 126 Å². The van der Waals surface area contributed by atoms with Gasteiger partial charge in [-0.3, -0.25) is 0 Å². The maximum Gasteiger partial charge on any atom is 0.176 e. The van der Waals surface area contributed by atoms with Crippen LogP contribution in [0, 0.1) is 12.7 Å². The molecule has 0 aliphatic rings. The van der Waals surface area contributed by atoms with Gasteiger partial charge in [0, 0.05) is 10.6 Å². The summed E-state index contributed by atoms with van der Waals surface area (Å²) in [6.45, 7) is 1.94. The predicted molar refractivity (Wildman–Crippen MR) is 81.5 cm³/mol. The average molecular weight is 303 g/mol. The van der Waals surface area contributed by atoms with Gasteiger partial charge in [-0.15, -0.1) is 0 Å². The highest BCUT2D eigenvalue weighted by Gasteiger charge is 2.18. The lowest BCUT2D eigenvalue weighted by atomic mass is 10.0. The van der Waals surface area contributed by atoms with Crippen molar-refractivity contribution in [2.75, 3.05) is 5.73 Å². The van der Waals surface area contributed by atoms with Gasteiger partial charge in [0.05, 0.1) is 5.56 Å². The van der Waals surface area contributed by atoms with Crippen molar-refractivity contribution < 1.29 is 8.91 Å². The summed E-state index contributed by atoms with van der Waals surface area (Å²) in [6.07, 6.45) is 0. The molecule has 2 N–H and O–H groups in total. The lowest BCUT2D eigenvalue weighted by Crippen LogP contribution is -1.89. The number of halogens is 2. The van der Waals surface area contributed by atoms with Crippen LogP contribution in [-0.2, 0) is 0 Å². The molecule has 0 fully saturated rings. The Hall–Kier alpha value is -2.33. The Bertz CT molecular complexity index is 776. The van der Waals surface area contributed by atoms with E-state index >= 15 is 0 Å². The molecule has 0 aliphatic carbocycles. The van der Waals surface area contributed by atoms with Gasteiger partial charge in [-0.25, -0.2) is 4.39 Å². The molecule has 5 heteroatoms. The average Bonchev–Trinajstić information content (AvgIpc) is 2.80. The Morgan fingerprint density at radius 3 is 2.48 bits per heavy atom. The van der Waals surface area contributed by atoms with E-state index in [1.165, 1.54) is 12.1 Å². The number of anilines is 1. The number of nitrogens with two attached hydrogens (primary N) is 1. The zero-order valence-electron chi connectivity index (χ0n) is 11.2. The standard InChI is InChI=1S/C16H12ClFN2O/c1-9-6-11(8-12(17)7-9)15-14(16(19)20-21-15)10-2-4-13(18)5-3-10/h2-8H,1H3,(H2,19,20). The zero-order chi connectivity index (χ0) is 15.0. The zero-order valence-corrected chi connectivity index (χ0v) is 12.0. The maximum atomic E-state index is 13.1. The van der Waals surface area contributed by atoms with Crippen molar-refractivity contribution in [2.24, 2.45) is 0 Å². The van der Waals surface area contributed by atoms with E-state index in [0.717, 1.165) is 16.7 Å². The number of rotatable bonds is 2. The van der Waals surface area contributed by atoms with Crippen molar-refractivity contribution in [2.45, 2.75) is 6.92 Å². The summed E-state index contributed by atoms with van der Waals surface area (Å²) in [4.78, 5) is 0. The normalized spacial score (nSPS) is 10.8. The van der Waals surface area contributed by atoms with Gasteiger partial charge >= 0.3 is 0 Å². The topological polar surface area (TPSA) is 52.0 Å². The van der Waals surface area contributed by atoms with Gasteiger partial charge in [-0.2, -0.15) is 0 Å². The monoisotopic (exact) mass is 302 g/mol. The van der Waals surface area contributed by atoms with E-state index in [9.17, 15) is 4.39 Å². The molecule has 3 rings (SSSR count). The van der Waals surface area contributed by atoms with E-state index in [4.69, 9.17) is 21.9 Å². The first-order valence-corrected chi connectivity index (χ1v) is 6.71. The van der Waals surface area contributed by atoms with Crippen molar-refractivity contribution in [3.8, 4) is 22.5 Å². The second kappa shape index (κ2) is 5.22. The molecule has 2 aromatic carbocycles. The van der Waals surface area contributed by atoms with E-state index in [2.05, 4.69) is 5.16 Å². The Morgan fingerprint density at radius 1 is 1.10 bits per heavy atom. The number of hydrogen-bond acceptors (Lipinski definition) is 3. The molecule has 1 heterocycles. The van der Waals surface area contributed by atoms with Gasteiger partial charge in [0.25, 0.3) is 0 Å². The summed E-state index contributed by atoms with van der Waals surface area (Å²) < 4.78 is 18.4. The SMILES string of the molecule is Cc1cc(Cl)cc(-c2onc(N)c2-c2ccc(F)cc2)c1. The molecule has 106 valence electrons. The first-order valence-electron chi connectivity index (χ1n) is 6.33. The van der Waals surface area contributed by atoms with Crippen LogP contribution < -0.4 is 5.73 Å². The summed E-state index contributed by atoms with van der Waals surface area (Å²) in [7, 11) is 0. The minimum atomic E-state index is -0.311. The smallest absolute Gasteiger partial charge is 0.176 e. The molecule has 0 amide bonds. The van der Waals surface area contributed by atoms with Crippen LogP contribution >= 0.6 is 11.6 Å². The van der Waals surface area contributed by atoms with Crippen molar-refractivity contribution >= 4 is 17.4 Å². The van der Waals surface area contributed by atoms with Crippen molar-refractivity contribution in [3.63, 3.8) is 0 Å². The van der Waals surface area contributed by atoms with E-state index in [1.54, 1.807) is 18.2 Å². The van der Waals surface area contributed by atoms with Crippen molar-refractivity contribution in [3.05, 3.63) is 58.9 Å². The lowest BCUT2D eigenvalue weighted by molar-refractivity contribution is 0.436. The number of benzene rings is 2. The number of aromatic nitrogens is 1. The fraction of sp³-hybridized carbons (Fsp3) is 0.0625. The molecule has 3 aromatic rings. The van der Waals surface area contributed by atoms with Gasteiger partial charge < -0.3 is 10.3 Å². The van der Waals surface area contributed by atoms with Crippen LogP contribution in [0.25, 0.3) is 22.5 Å². The van der Waals surface area contributed by atoms with Gasteiger partial charge in [-0.1, -0.05) is 28.9 Å². The molecule has 3 nitrogen and oxygen atoms in total. The first-order chi connectivity index (χ1) is 10.0. The fourth-order valence-electron chi connectivity index (χ4n) is 2.26. The Kier molecular flexibility index (Phi) is 3.39. The van der Waals surface area contributed by atoms with Crippen molar-refractivity contribution in [1.82, 2.24) is 5.16 Å². The maximum absolute atomic E-state index is 13.1. The molecule has 0 atom stereocenters. The van der Waals surface area contributed by atoms with Crippen LogP contribution in [0.1, 0.15) is 5.56 Å². The van der Waals surface area contributed by atoms with Crippen molar-refractivity contribution in [1.29, 1.82) is 0 Å². The largest absolute Gasteiger partial charge is 0.380 e. The van der Waals surface area contributed by atoms with E-state index in [0.29, 0.717) is 16.3 Å². The molecule has 21 heavy (non-hydrogen) atoms. The molecule has 0 saturated heterocycles. The van der Waals surface area contributed by atoms with E-state index < -0.39 is 0 Å². The van der Waals surface area contributed by atoms with Gasteiger partial charge in [0.1, 0.15) is 5.82 Å². The lowest BCUT2D eigenvalue weighted by Gasteiger charge is -2.05. The fourth-order valence-corrected chi connectivity index (χ4v) is 2.55. The molecule has 0 aliphatic heterocycles. The third kappa shape index (κ3) is 2.62. The first kappa shape index (κ1) is 13.6. The van der Waals surface area contributed by atoms with Crippen LogP contribution in [0.2, 0.25) is 5.02 Å². The van der Waals surface area contributed by atoms with E-state index in [1.807, 2.05) is 19.1 Å².